The van der Waals surface area contributed by atoms with Crippen LogP contribution in [0.3, 0.4) is 0 Å². The Morgan fingerprint density at radius 3 is 3.00 bits per heavy atom. The number of amides is 2. The monoisotopic (exact) mass is 241 g/mol. The average molecular weight is 241 g/mol. The molecule has 0 radical (unpaired) electrons. The highest BCUT2D eigenvalue weighted by atomic mass is 16.5. The zero-order valence-corrected chi connectivity index (χ0v) is 10.6. The summed E-state index contributed by atoms with van der Waals surface area (Å²) < 4.78 is 5.97. The summed E-state index contributed by atoms with van der Waals surface area (Å²) in [4.78, 5) is 13.1. The SMILES string of the molecule is CC1CCC(CN)(OCCN2CCNC2=O)C1. The van der Waals surface area contributed by atoms with Crippen molar-refractivity contribution in [3.63, 3.8) is 0 Å². The summed E-state index contributed by atoms with van der Waals surface area (Å²) in [6.45, 7) is 5.63. The van der Waals surface area contributed by atoms with Crippen LogP contribution in [-0.2, 0) is 4.74 Å². The number of hydrogen-bond donors (Lipinski definition) is 2. The lowest BCUT2D eigenvalue weighted by atomic mass is 10.0. The zero-order valence-electron chi connectivity index (χ0n) is 10.6. The van der Waals surface area contributed by atoms with Gasteiger partial charge in [-0.3, -0.25) is 0 Å². The first-order valence-corrected chi connectivity index (χ1v) is 6.52. The third-order valence-corrected chi connectivity index (χ3v) is 3.90. The molecule has 2 amide bonds. The fourth-order valence-electron chi connectivity index (χ4n) is 2.82. The Morgan fingerprint density at radius 2 is 2.47 bits per heavy atom. The molecule has 98 valence electrons. The minimum absolute atomic E-state index is 0.0233. The number of nitrogens with two attached hydrogens (primary N) is 1. The molecule has 0 bridgehead atoms. The van der Waals surface area contributed by atoms with Crippen molar-refractivity contribution in [2.45, 2.75) is 31.8 Å². The Morgan fingerprint density at radius 1 is 1.65 bits per heavy atom. The third-order valence-electron chi connectivity index (χ3n) is 3.90. The summed E-state index contributed by atoms with van der Waals surface area (Å²) in [6.07, 6.45) is 3.30. The van der Waals surface area contributed by atoms with Crippen molar-refractivity contribution < 1.29 is 9.53 Å². The Balaban J connectivity index is 1.75. The van der Waals surface area contributed by atoms with Crippen LogP contribution in [-0.4, -0.2) is 49.3 Å². The summed E-state index contributed by atoms with van der Waals surface area (Å²) >= 11 is 0. The molecule has 2 atom stereocenters. The molecule has 5 nitrogen and oxygen atoms in total. The quantitative estimate of drug-likeness (QED) is 0.738. The first-order chi connectivity index (χ1) is 8.15. The van der Waals surface area contributed by atoms with E-state index in [-0.39, 0.29) is 11.6 Å². The predicted molar refractivity (Wildman–Crippen MR) is 65.7 cm³/mol. The van der Waals surface area contributed by atoms with Crippen LogP contribution in [0.25, 0.3) is 0 Å². The van der Waals surface area contributed by atoms with Crippen LogP contribution in [0.5, 0.6) is 0 Å². The van der Waals surface area contributed by atoms with E-state index in [1.165, 1.54) is 6.42 Å². The molecular formula is C12H23N3O2. The molecule has 2 aliphatic rings. The van der Waals surface area contributed by atoms with E-state index in [0.29, 0.717) is 25.6 Å². The van der Waals surface area contributed by atoms with E-state index in [4.69, 9.17) is 10.5 Å². The van der Waals surface area contributed by atoms with Gasteiger partial charge in [0, 0.05) is 26.2 Å². The van der Waals surface area contributed by atoms with Crippen LogP contribution < -0.4 is 11.1 Å². The Labute approximate surface area is 103 Å². The molecule has 1 saturated heterocycles. The highest BCUT2D eigenvalue weighted by Gasteiger charge is 2.37. The molecule has 1 saturated carbocycles. The second kappa shape index (κ2) is 5.23. The van der Waals surface area contributed by atoms with Crippen LogP contribution in [0, 0.1) is 5.92 Å². The number of rotatable bonds is 5. The van der Waals surface area contributed by atoms with Crippen molar-refractivity contribution in [3.8, 4) is 0 Å². The van der Waals surface area contributed by atoms with Gasteiger partial charge in [0.05, 0.1) is 12.2 Å². The van der Waals surface area contributed by atoms with Crippen molar-refractivity contribution in [1.29, 1.82) is 0 Å². The van der Waals surface area contributed by atoms with Crippen molar-refractivity contribution in [2.75, 3.05) is 32.8 Å². The van der Waals surface area contributed by atoms with Crippen LogP contribution in [0.1, 0.15) is 26.2 Å². The second-order valence-corrected chi connectivity index (χ2v) is 5.30. The zero-order chi connectivity index (χ0) is 12.3. The van der Waals surface area contributed by atoms with Gasteiger partial charge in [0.2, 0.25) is 0 Å². The summed E-state index contributed by atoms with van der Waals surface area (Å²) in [6, 6.07) is 0.0233. The van der Waals surface area contributed by atoms with Gasteiger partial charge in [0.1, 0.15) is 0 Å². The van der Waals surface area contributed by atoms with Crippen LogP contribution in [0.2, 0.25) is 0 Å². The molecule has 1 aliphatic carbocycles. The van der Waals surface area contributed by atoms with E-state index in [2.05, 4.69) is 12.2 Å². The van der Waals surface area contributed by atoms with Crippen molar-refractivity contribution >= 4 is 6.03 Å². The predicted octanol–water partition coefficient (Wildman–Crippen LogP) is 0.546. The minimum atomic E-state index is -0.129. The topological polar surface area (TPSA) is 67.6 Å². The molecule has 1 aliphatic heterocycles. The summed E-state index contributed by atoms with van der Waals surface area (Å²) in [5.41, 5.74) is 5.71. The van der Waals surface area contributed by atoms with Crippen molar-refractivity contribution in [1.82, 2.24) is 10.2 Å². The van der Waals surface area contributed by atoms with E-state index in [1.54, 1.807) is 4.90 Å². The smallest absolute Gasteiger partial charge is 0.317 e. The van der Waals surface area contributed by atoms with Crippen LogP contribution in [0.15, 0.2) is 0 Å². The molecule has 2 fully saturated rings. The molecule has 0 aromatic carbocycles. The average Bonchev–Trinajstić information content (AvgIpc) is 2.88. The standard InChI is InChI=1S/C12H23N3O2/c1-10-2-3-12(8-10,9-13)17-7-6-15-5-4-14-11(15)16/h10H,2-9,13H2,1H3,(H,14,16). The second-order valence-electron chi connectivity index (χ2n) is 5.30. The van der Waals surface area contributed by atoms with Gasteiger partial charge in [-0.05, 0) is 25.2 Å². The van der Waals surface area contributed by atoms with Gasteiger partial charge in [-0.2, -0.15) is 0 Å². The van der Waals surface area contributed by atoms with Gasteiger partial charge in [-0.1, -0.05) is 6.92 Å². The maximum absolute atomic E-state index is 11.3. The van der Waals surface area contributed by atoms with Gasteiger partial charge < -0.3 is 20.7 Å². The fourth-order valence-corrected chi connectivity index (χ4v) is 2.82. The lowest BCUT2D eigenvalue weighted by Crippen LogP contribution is -2.41. The van der Waals surface area contributed by atoms with Crippen molar-refractivity contribution in [2.24, 2.45) is 11.7 Å². The molecular weight excluding hydrogens is 218 g/mol. The van der Waals surface area contributed by atoms with E-state index in [9.17, 15) is 4.79 Å². The number of carbonyl (C=O) groups excluding carboxylic acids is 1. The molecule has 17 heavy (non-hydrogen) atoms. The number of nitrogens with one attached hydrogen (secondary N) is 1. The maximum Gasteiger partial charge on any atom is 0.317 e. The van der Waals surface area contributed by atoms with Crippen LogP contribution >= 0.6 is 0 Å². The normalized spacial score (nSPS) is 33.2. The molecule has 2 rings (SSSR count). The number of ether oxygens (including phenoxy) is 1. The highest BCUT2D eigenvalue weighted by Crippen LogP contribution is 2.36. The molecule has 0 spiro atoms. The van der Waals surface area contributed by atoms with Gasteiger partial charge >= 0.3 is 6.03 Å². The lowest BCUT2D eigenvalue weighted by molar-refractivity contribution is -0.0396. The number of urea groups is 1. The van der Waals surface area contributed by atoms with Crippen LogP contribution in [0.4, 0.5) is 4.79 Å². The van der Waals surface area contributed by atoms with E-state index >= 15 is 0 Å². The summed E-state index contributed by atoms with van der Waals surface area (Å²) in [7, 11) is 0. The minimum Gasteiger partial charge on any atom is -0.372 e. The maximum atomic E-state index is 11.3. The van der Waals surface area contributed by atoms with E-state index < -0.39 is 0 Å². The Hall–Kier alpha value is -0.810. The number of hydrogen-bond acceptors (Lipinski definition) is 3. The Kier molecular flexibility index (Phi) is 3.89. The Bertz CT molecular complexity index is 285. The largest absolute Gasteiger partial charge is 0.372 e. The van der Waals surface area contributed by atoms with E-state index in [0.717, 1.165) is 25.9 Å². The highest BCUT2D eigenvalue weighted by molar-refractivity contribution is 5.76. The third kappa shape index (κ3) is 2.90. The van der Waals surface area contributed by atoms with Gasteiger partial charge in [0.25, 0.3) is 0 Å². The fraction of sp³-hybridized carbons (Fsp3) is 0.917. The summed E-state index contributed by atoms with van der Waals surface area (Å²) in [5.74, 6) is 0.702. The molecule has 0 aromatic rings. The molecule has 2 unspecified atom stereocenters. The lowest BCUT2D eigenvalue weighted by Gasteiger charge is -2.29. The molecule has 0 aromatic heterocycles. The van der Waals surface area contributed by atoms with Gasteiger partial charge in [0.15, 0.2) is 0 Å². The van der Waals surface area contributed by atoms with Gasteiger partial charge in [-0.25, -0.2) is 4.79 Å². The van der Waals surface area contributed by atoms with Crippen molar-refractivity contribution in [3.05, 3.63) is 0 Å². The summed E-state index contributed by atoms with van der Waals surface area (Å²) in [5, 5.41) is 2.79. The number of nitrogens with zero attached hydrogens (tertiary/aromatic N) is 1. The first kappa shape index (κ1) is 12.6. The molecule has 1 heterocycles. The molecule has 3 N–H and O–H groups in total. The molecule has 5 heteroatoms. The first-order valence-electron chi connectivity index (χ1n) is 6.52. The number of carbonyl (C=O) groups is 1. The van der Waals surface area contributed by atoms with E-state index in [1.807, 2.05) is 0 Å². The van der Waals surface area contributed by atoms with Gasteiger partial charge in [-0.15, -0.1) is 0 Å².